The van der Waals surface area contributed by atoms with Crippen molar-refractivity contribution in [2.24, 2.45) is 5.92 Å². The summed E-state index contributed by atoms with van der Waals surface area (Å²) in [6, 6.07) is 0. The Bertz CT molecular complexity index is 135. The molecule has 0 aromatic heterocycles. The quantitative estimate of drug-likeness (QED) is 0.536. The van der Waals surface area contributed by atoms with Gasteiger partial charge in [0.25, 0.3) is 0 Å². The van der Waals surface area contributed by atoms with Crippen molar-refractivity contribution in [3.63, 3.8) is 0 Å². The van der Waals surface area contributed by atoms with E-state index in [0.29, 0.717) is 12.2 Å². The second kappa shape index (κ2) is 2.91. The molecule has 3 heteroatoms. The van der Waals surface area contributed by atoms with Crippen LogP contribution in [0.15, 0.2) is 0 Å². The van der Waals surface area contributed by atoms with Gasteiger partial charge in [0.05, 0.1) is 25.4 Å². The van der Waals surface area contributed by atoms with Crippen molar-refractivity contribution in [1.29, 1.82) is 0 Å². The number of carbonyl (C=O) groups excluding carboxylic acids is 1. The highest BCUT2D eigenvalue weighted by Gasteiger charge is 2.32. The summed E-state index contributed by atoms with van der Waals surface area (Å²) in [4.78, 5) is 10.4. The smallest absolute Gasteiger partial charge is 0.201 e. The number of ether oxygens (including phenoxy) is 2. The molecule has 11 heavy (non-hydrogen) atoms. The summed E-state index contributed by atoms with van der Waals surface area (Å²) in [6.45, 7) is 1.65. The van der Waals surface area contributed by atoms with E-state index in [1.807, 2.05) is 6.29 Å². The van der Waals surface area contributed by atoms with Crippen LogP contribution in [-0.4, -0.2) is 31.7 Å². The maximum absolute atomic E-state index is 10.4. The molecule has 2 unspecified atom stereocenters. The molecular weight excluding hydrogens is 144 g/mol. The highest BCUT2D eigenvalue weighted by atomic mass is 16.6. The Hall–Kier alpha value is -0.410. The SMILES string of the molecule is O=[C]C(CC1CO1)CC1CO1. The van der Waals surface area contributed by atoms with Crippen LogP contribution >= 0.6 is 0 Å². The van der Waals surface area contributed by atoms with Gasteiger partial charge in [-0.15, -0.1) is 0 Å². The second-order valence-electron chi connectivity index (χ2n) is 3.20. The van der Waals surface area contributed by atoms with Crippen LogP contribution in [0.1, 0.15) is 12.8 Å². The van der Waals surface area contributed by atoms with E-state index in [1.165, 1.54) is 0 Å². The highest BCUT2D eigenvalue weighted by molar-refractivity contribution is 5.54. The zero-order valence-electron chi connectivity index (χ0n) is 6.29. The molecule has 0 saturated carbocycles. The fraction of sp³-hybridized carbons (Fsp3) is 0.875. The third-order valence-corrected chi connectivity index (χ3v) is 2.07. The van der Waals surface area contributed by atoms with Gasteiger partial charge in [-0.05, 0) is 12.8 Å². The lowest BCUT2D eigenvalue weighted by Gasteiger charge is -2.03. The molecule has 0 bridgehead atoms. The average Bonchev–Trinajstić information content (AvgIpc) is 2.78. The molecular formula is C8H11O3. The third-order valence-electron chi connectivity index (χ3n) is 2.07. The van der Waals surface area contributed by atoms with Gasteiger partial charge in [-0.25, -0.2) is 0 Å². The van der Waals surface area contributed by atoms with E-state index in [-0.39, 0.29) is 5.92 Å². The van der Waals surface area contributed by atoms with Crippen molar-refractivity contribution >= 4 is 6.29 Å². The minimum absolute atomic E-state index is 0.0370. The molecule has 2 heterocycles. The summed E-state index contributed by atoms with van der Waals surface area (Å²) < 4.78 is 10.0. The van der Waals surface area contributed by atoms with E-state index in [1.54, 1.807) is 0 Å². The molecule has 61 valence electrons. The standard InChI is InChI=1S/C8H11O3/c9-3-6(1-7-4-10-7)2-8-5-11-8/h6-8H,1-2,4-5H2. The normalized spacial score (nSPS) is 36.4. The Kier molecular flexibility index (Phi) is 1.92. The van der Waals surface area contributed by atoms with Crippen LogP contribution in [0.5, 0.6) is 0 Å². The maximum Gasteiger partial charge on any atom is 0.201 e. The summed E-state index contributed by atoms with van der Waals surface area (Å²) in [7, 11) is 0. The van der Waals surface area contributed by atoms with Gasteiger partial charge in [-0.3, -0.25) is 4.79 Å². The summed E-state index contributed by atoms with van der Waals surface area (Å²) in [6.07, 6.45) is 4.38. The van der Waals surface area contributed by atoms with Gasteiger partial charge in [0.1, 0.15) is 0 Å². The molecule has 0 aromatic rings. The molecule has 0 aromatic carbocycles. The molecule has 2 rings (SSSR count). The van der Waals surface area contributed by atoms with Crippen molar-refractivity contribution in [3.05, 3.63) is 0 Å². The highest BCUT2D eigenvalue weighted by Crippen LogP contribution is 2.25. The van der Waals surface area contributed by atoms with Crippen molar-refractivity contribution in [2.45, 2.75) is 25.0 Å². The molecule has 2 atom stereocenters. The molecule has 0 N–H and O–H groups in total. The van der Waals surface area contributed by atoms with E-state index in [2.05, 4.69) is 0 Å². The first-order valence-corrected chi connectivity index (χ1v) is 3.99. The lowest BCUT2D eigenvalue weighted by Crippen LogP contribution is -2.08. The molecule has 2 fully saturated rings. The van der Waals surface area contributed by atoms with E-state index in [4.69, 9.17) is 9.47 Å². The summed E-state index contributed by atoms with van der Waals surface area (Å²) in [5, 5.41) is 0. The fourth-order valence-electron chi connectivity index (χ4n) is 1.24. The molecule has 0 amide bonds. The fourth-order valence-corrected chi connectivity index (χ4v) is 1.24. The van der Waals surface area contributed by atoms with Crippen LogP contribution in [0.3, 0.4) is 0 Å². The Morgan fingerprint density at radius 3 is 2.00 bits per heavy atom. The van der Waals surface area contributed by atoms with Crippen LogP contribution < -0.4 is 0 Å². The number of hydrogen-bond donors (Lipinski definition) is 0. The van der Waals surface area contributed by atoms with Crippen molar-refractivity contribution in [1.82, 2.24) is 0 Å². The number of epoxide rings is 2. The average molecular weight is 155 g/mol. The first kappa shape index (κ1) is 7.25. The molecule has 1 radical (unpaired) electrons. The molecule has 3 nitrogen and oxygen atoms in total. The molecule has 2 aliphatic heterocycles. The lowest BCUT2D eigenvalue weighted by molar-refractivity contribution is 0.337. The van der Waals surface area contributed by atoms with Gasteiger partial charge in [0.2, 0.25) is 6.29 Å². The van der Waals surface area contributed by atoms with Crippen molar-refractivity contribution in [3.8, 4) is 0 Å². The molecule has 2 saturated heterocycles. The van der Waals surface area contributed by atoms with Crippen LogP contribution in [0, 0.1) is 5.92 Å². The Labute approximate surface area is 65.7 Å². The first-order valence-electron chi connectivity index (χ1n) is 3.99. The van der Waals surface area contributed by atoms with Crippen LogP contribution in [0.25, 0.3) is 0 Å². The largest absolute Gasteiger partial charge is 0.373 e. The van der Waals surface area contributed by atoms with Gasteiger partial charge in [0, 0.05) is 5.92 Å². The van der Waals surface area contributed by atoms with Gasteiger partial charge in [0.15, 0.2) is 0 Å². The zero-order chi connectivity index (χ0) is 7.68. The minimum atomic E-state index is 0.0370. The van der Waals surface area contributed by atoms with Gasteiger partial charge >= 0.3 is 0 Å². The number of rotatable bonds is 5. The lowest BCUT2D eigenvalue weighted by atomic mass is 10.00. The molecule has 0 aliphatic carbocycles. The summed E-state index contributed by atoms with van der Waals surface area (Å²) >= 11 is 0. The Balaban J connectivity index is 1.69. The predicted octanol–water partition coefficient (Wildman–Crippen LogP) is 0.290. The Morgan fingerprint density at radius 1 is 1.27 bits per heavy atom. The van der Waals surface area contributed by atoms with E-state index in [9.17, 15) is 4.79 Å². The third kappa shape index (κ3) is 2.27. The van der Waals surface area contributed by atoms with Crippen LogP contribution in [0.2, 0.25) is 0 Å². The van der Waals surface area contributed by atoms with E-state index in [0.717, 1.165) is 26.1 Å². The van der Waals surface area contributed by atoms with Gasteiger partial charge in [-0.2, -0.15) is 0 Å². The van der Waals surface area contributed by atoms with Crippen molar-refractivity contribution < 1.29 is 14.3 Å². The zero-order valence-corrected chi connectivity index (χ0v) is 6.29. The summed E-state index contributed by atoms with van der Waals surface area (Å²) in [5.41, 5.74) is 0. The van der Waals surface area contributed by atoms with Gasteiger partial charge in [-0.1, -0.05) is 0 Å². The Morgan fingerprint density at radius 2 is 1.73 bits per heavy atom. The van der Waals surface area contributed by atoms with E-state index >= 15 is 0 Å². The second-order valence-corrected chi connectivity index (χ2v) is 3.20. The van der Waals surface area contributed by atoms with Gasteiger partial charge < -0.3 is 9.47 Å². The predicted molar refractivity (Wildman–Crippen MR) is 37.9 cm³/mol. The first-order chi connectivity index (χ1) is 5.38. The maximum atomic E-state index is 10.4. The van der Waals surface area contributed by atoms with Crippen molar-refractivity contribution in [2.75, 3.05) is 13.2 Å². The minimum Gasteiger partial charge on any atom is -0.373 e. The van der Waals surface area contributed by atoms with Crippen LogP contribution in [0.4, 0.5) is 0 Å². The van der Waals surface area contributed by atoms with Crippen LogP contribution in [-0.2, 0) is 14.3 Å². The summed E-state index contributed by atoms with van der Waals surface area (Å²) in [5.74, 6) is 0.0370. The monoisotopic (exact) mass is 155 g/mol. The molecule has 2 aliphatic rings. The topological polar surface area (TPSA) is 42.1 Å². The number of hydrogen-bond acceptors (Lipinski definition) is 3. The van der Waals surface area contributed by atoms with E-state index < -0.39 is 0 Å². The molecule has 0 spiro atoms.